The van der Waals surface area contributed by atoms with Crippen LogP contribution in [0.15, 0.2) is 10.5 Å². The van der Waals surface area contributed by atoms with E-state index >= 15 is 0 Å². The van der Waals surface area contributed by atoms with Gasteiger partial charge in [-0.15, -0.1) is 0 Å². The molecule has 0 unspecified atom stereocenters. The van der Waals surface area contributed by atoms with Crippen LogP contribution in [0.5, 0.6) is 5.75 Å². The van der Waals surface area contributed by atoms with Crippen LogP contribution >= 0.6 is 0 Å². The number of carbonyl (C=O) groups excluding carboxylic acids is 2. The molecule has 2 aromatic rings. The van der Waals surface area contributed by atoms with Crippen LogP contribution in [0, 0.1) is 6.92 Å². The summed E-state index contributed by atoms with van der Waals surface area (Å²) in [6.45, 7) is 4.22. The zero-order valence-electron chi connectivity index (χ0n) is 12.1. The maximum Gasteiger partial charge on any atom is 0.372 e. The Labute approximate surface area is 120 Å². The molecule has 0 bridgehead atoms. The average Bonchev–Trinajstić information content (AvgIpc) is 2.73. The number of benzene rings is 1. The minimum absolute atomic E-state index is 0.0794. The van der Waals surface area contributed by atoms with Crippen molar-refractivity contribution in [2.45, 2.75) is 20.8 Å². The number of carboxylic acid groups (broad SMARTS) is 1. The molecule has 1 aromatic carbocycles. The Morgan fingerprint density at radius 3 is 2.24 bits per heavy atom. The van der Waals surface area contributed by atoms with Gasteiger partial charge in [-0.2, -0.15) is 0 Å². The standard InChI is InChI=1S/C15H14O6/c1-6-9-5-10(7(2)16)13(20-4)11(8(3)17)14(9)21-12(6)15(18)19/h5H,1-4H3,(H,18,19). The van der Waals surface area contributed by atoms with E-state index in [2.05, 4.69) is 0 Å². The van der Waals surface area contributed by atoms with E-state index in [9.17, 15) is 14.4 Å². The number of furan rings is 1. The third-order valence-electron chi connectivity index (χ3n) is 3.31. The number of hydrogen-bond donors (Lipinski definition) is 1. The molecule has 0 saturated heterocycles. The first-order valence-electron chi connectivity index (χ1n) is 6.18. The summed E-state index contributed by atoms with van der Waals surface area (Å²) >= 11 is 0. The average molecular weight is 290 g/mol. The molecular weight excluding hydrogens is 276 g/mol. The van der Waals surface area contributed by atoms with Gasteiger partial charge in [0.2, 0.25) is 5.76 Å². The van der Waals surface area contributed by atoms with Crippen LogP contribution in [0.4, 0.5) is 0 Å². The maximum atomic E-state index is 11.9. The molecule has 0 fully saturated rings. The molecular formula is C15H14O6. The number of aromatic carboxylic acids is 1. The van der Waals surface area contributed by atoms with E-state index in [1.165, 1.54) is 27.0 Å². The number of carbonyl (C=O) groups is 3. The van der Waals surface area contributed by atoms with Crippen molar-refractivity contribution in [1.29, 1.82) is 0 Å². The third-order valence-corrected chi connectivity index (χ3v) is 3.31. The zero-order valence-corrected chi connectivity index (χ0v) is 12.1. The largest absolute Gasteiger partial charge is 0.495 e. The Bertz CT molecular complexity index is 781. The molecule has 1 heterocycles. The summed E-state index contributed by atoms with van der Waals surface area (Å²) in [6.07, 6.45) is 0. The first kappa shape index (κ1) is 14.8. The molecule has 0 radical (unpaired) electrons. The fourth-order valence-electron chi connectivity index (χ4n) is 2.33. The lowest BCUT2D eigenvalue weighted by Gasteiger charge is -2.10. The van der Waals surface area contributed by atoms with Crippen molar-refractivity contribution < 1.29 is 28.6 Å². The van der Waals surface area contributed by atoms with Crippen molar-refractivity contribution in [3.05, 3.63) is 28.5 Å². The van der Waals surface area contributed by atoms with Crippen LogP contribution in [0.2, 0.25) is 0 Å². The second kappa shape index (κ2) is 5.05. The lowest BCUT2D eigenvalue weighted by atomic mass is 9.98. The monoisotopic (exact) mass is 290 g/mol. The van der Waals surface area contributed by atoms with Gasteiger partial charge in [0.1, 0.15) is 16.9 Å². The van der Waals surface area contributed by atoms with Crippen LogP contribution in [-0.4, -0.2) is 29.8 Å². The Balaban J connectivity index is 3.03. The number of rotatable bonds is 4. The number of hydrogen-bond acceptors (Lipinski definition) is 5. The van der Waals surface area contributed by atoms with E-state index in [1.807, 2.05) is 0 Å². The van der Waals surface area contributed by atoms with E-state index in [0.717, 1.165) is 0 Å². The van der Waals surface area contributed by atoms with Crippen molar-refractivity contribution in [2.75, 3.05) is 7.11 Å². The maximum absolute atomic E-state index is 11.9. The third kappa shape index (κ3) is 2.18. The second-order valence-electron chi connectivity index (χ2n) is 4.68. The lowest BCUT2D eigenvalue weighted by Crippen LogP contribution is -2.05. The van der Waals surface area contributed by atoms with E-state index in [-0.39, 0.29) is 39.8 Å². The molecule has 6 nitrogen and oxygen atoms in total. The van der Waals surface area contributed by atoms with E-state index in [0.29, 0.717) is 10.9 Å². The first-order chi connectivity index (χ1) is 9.79. The second-order valence-corrected chi connectivity index (χ2v) is 4.68. The van der Waals surface area contributed by atoms with Gasteiger partial charge in [0.25, 0.3) is 0 Å². The first-order valence-corrected chi connectivity index (χ1v) is 6.18. The van der Waals surface area contributed by atoms with E-state index in [4.69, 9.17) is 14.3 Å². The Hall–Kier alpha value is -2.63. The molecule has 0 atom stereocenters. The predicted molar refractivity (Wildman–Crippen MR) is 74.5 cm³/mol. The Kier molecular flexibility index (Phi) is 3.55. The van der Waals surface area contributed by atoms with Gasteiger partial charge in [-0.05, 0) is 26.8 Å². The molecule has 0 amide bonds. The summed E-state index contributed by atoms with van der Waals surface area (Å²) in [5.74, 6) is -2.04. The highest BCUT2D eigenvalue weighted by atomic mass is 16.5. The Morgan fingerprint density at radius 1 is 1.19 bits per heavy atom. The minimum Gasteiger partial charge on any atom is -0.495 e. The molecule has 1 aromatic heterocycles. The fraction of sp³-hybridized carbons (Fsp3) is 0.267. The molecule has 0 saturated carbocycles. The summed E-state index contributed by atoms with van der Waals surface area (Å²) in [4.78, 5) is 34.8. The summed E-state index contributed by atoms with van der Waals surface area (Å²) in [5, 5.41) is 9.54. The van der Waals surface area contributed by atoms with E-state index in [1.54, 1.807) is 6.92 Å². The summed E-state index contributed by atoms with van der Waals surface area (Å²) in [5.41, 5.74) is 0.788. The number of aryl methyl sites for hydroxylation is 1. The molecule has 1 N–H and O–H groups in total. The van der Waals surface area contributed by atoms with Crippen molar-refractivity contribution >= 4 is 28.5 Å². The number of ketones is 2. The van der Waals surface area contributed by atoms with Crippen molar-refractivity contribution in [3.8, 4) is 5.75 Å². The summed E-state index contributed by atoms with van der Waals surface area (Å²) in [7, 11) is 1.34. The van der Waals surface area contributed by atoms with Gasteiger partial charge in [-0.3, -0.25) is 9.59 Å². The molecule has 21 heavy (non-hydrogen) atoms. The minimum atomic E-state index is -1.23. The van der Waals surface area contributed by atoms with Crippen LogP contribution < -0.4 is 4.74 Å². The van der Waals surface area contributed by atoms with Crippen molar-refractivity contribution in [2.24, 2.45) is 0 Å². The van der Waals surface area contributed by atoms with Crippen LogP contribution in [0.3, 0.4) is 0 Å². The van der Waals surface area contributed by atoms with E-state index < -0.39 is 5.97 Å². The smallest absolute Gasteiger partial charge is 0.372 e. The predicted octanol–water partition coefficient (Wildman–Crippen LogP) is 2.85. The summed E-state index contributed by atoms with van der Waals surface area (Å²) in [6, 6.07) is 1.49. The van der Waals surface area contributed by atoms with Gasteiger partial charge in [0, 0.05) is 10.9 Å². The number of carboxylic acids is 1. The van der Waals surface area contributed by atoms with Gasteiger partial charge >= 0.3 is 5.97 Å². The number of ether oxygens (including phenoxy) is 1. The quantitative estimate of drug-likeness (QED) is 0.870. The molecule has 110 valence electrons. The number of fused-ring (bicyclic) bond motifs is 1. The van der Waals surface area contributed by atoms with Gasteiger partial charge in [-0.1, -0.05) is 0 Å². The van der Waals surface area contributed by atoms with Gasteiger partial charge in [-0.25, -0.2) is 4.79 Å². The topological polar surface area (TPSA) is 93.8 Å². The molecule has 6 heteroatoms. The highest BCUT2D eigenvalue weighted by Crippen LogP contribution is 2.37. The van der Waals surface area contributed by atoms with Crippen molar-refractivity contribution in [3.63, 3.8) is 0 Å². The van der Waals surface area contributed by atoms with Gasteiger partial charge < -0.3 is 14.3 Å². The fourth-order valence-corrected chi connectivity index (χ4v) is 2.33. The highest BCUT2D eigenvalue weighted by molar-refractivity contribution is 6.14. The normalized spacial score (nSPS) is 10.7. The van der Waals surface area contributed by atoms with Crippen LogP contribution in [-0.2, 0) is 0 Å². The molecule has 0 aliphatic carbocycles. The molecule has 0 aliphatic rings. The van der Waals surface area contributed by atoms with Crippen molar-refractivity contribution in [1.82, 2.24) is 0 Å². The van der Waals surface area contributed by atoms with Gasteiger partial charge in [0.15, 0.2) is 11.6 Å². The lowest BCUT2D eigenvalue weighted by molar-refractivity contribution is 0.0663. The number of Topliss-reactive ketones (excluding diaryl/α,β-unsaturated/α-hetero) is 2. The summed E-state index contributed by atoms with van der Waals surface area (Å²) < 4.78 is 10.5. The van der Waals surface area contributed by atoms with Gasteiger partial charge in [0.05, 0.1) is 12.7 Å². The molecule has 0 spiro atoms. The molecule has 2 rings (SSSR count). The SMILES string of the molecule is COc1c(C(C)=O)cc2c(C)c(C(=O)O)oc2c1C(C)=O. The van der Waals surface area contributed by atoms with Crippen LogP contribution in [0.25, 0.3) is 11.0 Å². The van der Waals surface area contributed by atoms with Crippen LogP contribution in [0.1, 0.15) is 50.7 Å². The molecule has 0 aliphatic heterocycles. The Morgan fingerprint density at radius 2 is 1.81 bits per heavy atom. The highest BCUT2D eigenvalue weighted by Gasteiger charge is 2.26. The zero-order chi connectivity index (χ0) is 15.9. The number of methoxy groups -OCH3 is 1.